The first-order valence-electron chi connectivity index (χ1n) is 9.89. The van der Waals surface area contributed by atoms with Gasteiger partial charge in [-0.15, -0.1) is 0 Å². The Morgan fingerprint density at radius 3 is 2.11 bits per heavy atom. The predicted molar refractivity (Wildman–Crippen MR) is 108 cm³/mol. The lowest BCUT2D eigenvalue weighted by Crippen LogP contribution is -2.55. The van der Waals surface area contributed by atoms with Crippen molar-refractivity contribution in [3.8, 4) is 0 Å². The third-order valence-electron chi connectivity index (χ3n) is 5.33. The third kappa shape index (κ3) is 4.40. The molecule has 1 heterocycles. The first-order valence-corrected chi connectivity index (χ1v) is 9.89. The van der Waals surface area contributed by atoms with Gasteiger partial charge in [-0.25, -0.2) is 0 Å². The minimum atomic E-state index is -1.29. The maximum atomic E-state index is 12.9. The molecule has 2 aromatic carbocycles. The Morgan fingerprint density at radius 2 is 1.67 bits per heavy atom. The summed E-state index contributed by atoms with van der Waals surface area (Å²) < 4.78 is 0. The van der Waals surface area contributed by atoms with Crippen LogP contribution in [0.5, 0.6) is 0 Å². The molecule has 1 aliphatic heterocycles. The summed E-state index contributed by atoms with van der Waals surface area (Å²) in [5.74, 6) is 0.300. The van der Waals surface area contributed by atoms with Crippen molar-refractivity contribution in [3.05, 3.63) is 71.8 Å². The van der Waals surface area contributed by atoms with Crippen LogP contribution in [0.4, 0.5) is 0 Å². The summed E-state index contributed by atoms with van der Waals surface area (Å²) in [7, 11) is 0. The SMILES string of the molecule is CC(C)CC(NC(=O)C1CCCN1)C(O)(c1ccccc1)c1ccccc1. The lowest BCUT2D eigenvalue weighted by atomic mass is 9.77. The predicted octanol–water partition coefficient (Wildman–Crippen LogP) is 3.21. The van der Waals surface area contributed by atoms with Crippen LogP contribution in [0, 0.1) is 5.92 Å². The number of carbonyl (C=O) groups excluding carboxylic acids is 1. The summed E-state index contributed by atoms with van der Waals surface area (Å²) >= 11 is 0. The lowest BCUT2D eigenvalue weighted by molar-refractivity contribution is -0.125. The highest BCUT2D eigenvalue weighted by molar-refractivity contribution is 5.82. The van der Waals surface area contributed by atoms with Gasteiger partial charge in [-0.3, -0.25) is 4.79 Å². The van der Waals surface area contributed by atoms with E-state index >= 15 is 0 Å². The van der Waals surface area contributed by atoms with Gasteiger partial charge in [0.05, 0.1) is 12.1 Å². The van der Waals surface area contributed by atoms with Gasteiger partial charge in [0, 0.05) is 0 Å². The van der Waals surface area contributed by atoms with E-state index in [0.717, 1.165) is 30.5 Å². The number of hydrogen-bond acceptors (Lipinski definition) is 3. The van der Waals surface area contributed by atoms with Gasteiger partial charge in [0.15, 0.2) is 0 Å². The highest BCUT2D eigenvalue weighted by atomic mass is 16.3. The molecular weight excluding hydrogens is 336 g/mol. The van der Waals surface area contributed by atoms with Crippen LogP contribution >= 0.6 is 0 Å². The molecule has 1 aliphatic rings. The second-order valence-electron chi connectivity index (χ2n) is 7.84. The molecule has 4 nitrogen and oxygen atoms in total. The quantitative estimate of drug-likeness (QED) is 0.705. The summed E-state index contributed by atoms with van der Waals surface area (Å²) in [6.45, 7) is 5.10. The van der Waals surface area contributed by atoms with Crippen molar-refractivity contribution >= 4 is 5.91 Å². The molecule has 0 saturated carbocycles. The van der Waals surface area contributed by atoms with Gasteiger partial charge in [0.2, 0.25) is 5.91 Å². The number of aliphatic hydroxyl groups is 1. The molecule has 0 aliphatic carbocycles. The van der Waals surface area contributed by atoms with Crippen molar-refractivity contribution in [1.29, 1.82) is 0 Å². The minimum absolute atomic E-state index is 0.0246. The fourth-order valence-electron chi connectivity index (χ4n) is 3.94. The molecule has 1 saturated heterocycles. The van der Waals surface area contributed by atoms with Crippen LogP contribution in [0.1, 0.15) is 44.2 Å². The molecular formula is C23H30N2O2. The monoisotopic (exact) mass is 366 g/mol. The molecule has 1 amide bonds. The van der Waals surface area contributed by atoms with E-state index in [4.69, 9.17) is 0 Å². The largest absolute Gasteiger partial charge is 0.378 e. The molecule has 0 spiro atoms. The van der Waals surface area contributed by atoms with Gasteiger partial charge in [-0.2, -0.15) is 0 Å². The summed E-state index contributed by atoms with van der Waals surface area (Å²) in [6.07, 6.45) is 2.53. The van der Waals surface area contributed by atoms with Crippen molar-refractivity contribution in [2.75, 3.05) is 6.54 Å². The number of nitrogens with one attached hydrogen (secondary N) is 2. The van der Waals surface area contributed by atoms with Gasteiger partial charge in [-0.1, -0.05) is 74.5 Å². The summed E-state index contributed by atoms with van der Waals surface area (Å²) in [4.78, 5) is 12.9. The van der Waals surface area contributed by atoms with Crippen LogP contribution in [0.15, 0.2) is 60.7 Å². The molecule has 0 aromatic heterocycles. The molecule has 1 fully saturated rings. The second kappa shape index (κ2) is 8.68. The average molecular weight is 367 g/mol. The van der Waals surface area contributed by atoms with Crippen molar-refractivity contribution in [2.45, 2.75) is 50.8 Å². The van der Waals surface area contributed by atoms with Crippen LogP contribution in [-0.2, 0) is 10.4 Å². The van der Waals surface area contributed by atoms with Gasteiger partial charge in [0.25, 0.3) is 0 Å². The molecule has 3 rings (SSSR count). The standard InChI is InChI=1S/C23H30N2O2/c1-17(2)16-21(25-22(26)20-14-9-15-24-20)23(27,18-10-5-3-6-11-18)19-12-7-4-8-13-19/h3-8,10-13,17,20-21,24,27H,9,14-16H2,1-2H3,(H,25,26). The van der Waals surface area contributed by atoms with Crippen molar-refractivity contribution in [3.63, 3.8) is 0 Å². The van der Waals surface area contributed by atoms with Gasteiger partial charge in [0.1, 0.15) is 5.60 Å². The first-order chi connectivity index (χ1) is 13.0. The zero-order valence-corrected chi connectivity index (χ0v) is 16.2. The topological polar surface area (TPSA) is 61.4 Å². The zero-order chi connectivity index (χ0) is 19.3. The number of benzene rings is 2. The molecule has 27 heavy (non-hydrogen) atoms. The van der Waals surface area contributed by atoms with E-state index in [0.29, 0.717) is 12.3 Å². The molecule has 4 heteroatoms. The Morgan fingerprint density at radius 1 is 1.11 bits per heavy atom. The van der Waals surface area contributed by atoms with E-state index in [-0.39, 0.29) is 11.9 Å². The van der Waals surface area contributed by atoms with E-state index in [9.17, 15) is 9.90 Å². The van der Waals surface area contributed by atoms with Gasteiger partial charge in [-0.05, 0) is 42.9 Å². The van der Waals surface area contributed by atoms with E-state index in [2.05, 4.69) is 24.5 Å². The summed E-state index contributed by atoms with van der Waals surface area (Å²) in [5.41, 5.74) is 0.296. The van der Waals surface area contributed by atoms with Crippen LogP contribution in [0.3, 0.4) is 0 Å². The number of rotatable bonds is 7. The maximum Gasteiger partial charge on any atom is 0.237 e. The van der Waals surface area contributed by atoms with Crippen LogP contribution in [-0.4, -0.2) is 29.6 Å². The normalized spacial score (nSPS) is 18.4. The Bertz CT molecular complexity index is 685. The van der Waals surface area contributed by atoms with E-state index < -0.39 is 11.6 Å². The minimum Gasteiger partial charge on any atom is -0.378 e. The van der Waals surface area contributed by atoms with Gasteiger partial charge >= 0.3 is 0 Å². The van der Waals surface area contributed by atoms with E-state index in [1.165, 1.54) is 0 Å². The third-order valence-corrected chi connectivity index (χ3v) is 5.33. The van der Waals surface area contributed by atoms with Gasteiger partial charge < -0.3 is 15.7 Å². The van der Waals surface area contributed by atoms with E-state index in [1.807, 2.05) is 60.7 Å². The van der Waals surface area contributed by atoms with Crippen LogP contribution in [0.25, 0.3) is 0 Å². The Hall–Kier alpha value is -2.17. The molecule has 2 unspecified atom stereocenters. The van der Waals surface area contributed by atoms with Crippen LogP contribution in [0.2, 0.25) is 0 Å². The Labute approximate surface area is 162 Å². The Kier molecular flexibility index (Phi) is 6.30. The van der Waals surface area contributed by atoms with Crippen LogP contribution < -0.4 is 10.6 Å². The molecule has 3 N–H and O–H groups in total. The fourth-order valence-corrected chi connectivity index (χ4v) is 3.94. The second-order valence-corrected chi connectivity index (χ2v) is 7.84. The summed E-state index contributed by atoms with van der Waals surface area (Å²) in [5, 5.41) is 18.4. The maximum absolute atomic E-state index is 12.9. The number of amides is 1. The highest BCUT2D eigenvalue weighted by Gasteiger charge is 2.42. The smallest absolute Gasteiger partial charge is 0.237 e. The number of carbonyl (C=O) groups is 1. The molecule has 0 bridgehead atoms. The first kappa shape index (κ1) is 19.6. The summed E-state index contributed by atoms with van der Waals surface area (Å²) in [6, 6.07) is 18.7. The zero-order valence-electron chi connectivity index (χ0n) is 16.2. The molecule has 2 aromatic rings. The fraction of sp³-hybridized carbons (Fsp3) is 0.435. The van der Waals surface area contributed by atoms with Crippen molar-refractivity contribution in [2.24, 2.45) is 5.92 Å². The number of hydrogen-bond donors (Lipinski definition) is 3. The molecule has 0 radical (unpaired) electrons. The lowest BCUT2D eigenvalue weighted by Gasteiger charge is -2.39. The van der Waals surface area contributed by atoms with Crippen molar-refractivity contribution < 1.29 is 9.90 Å². The molecule has 144 valence electrons. The van der Waals surface area contributed by atoms with Crippen molar-refractivity contribution in [1.82, 2.24) is 10.6 Å². The highest BCUT2D eigenvalue weighted by Crippen LogP contribution is 2.35. The Balaban J connectivity index is 2.01. The molecule has 2 atom stereocenters. The average Bonchev–Trinajstić information content (AvgIpc) is 3.23. The van der Waals surface area contributed by atoms with E-state index in [1.54, 1.807) is 0 Å².